The lowest BCUT2D eigenvalue weighted by Gasteiger charge is -2.27. The molecule has 1 rings (SSSR count). The second-order valence-electron chi connectivity index (χ2n) is 6.22. The molecule has 1 atom stereocenters. The van der Waals surface area contributed by atoms with E-state index >= 15 is 0 Å². The van der Waals surface area contributed by atoms with Crippen LogP contribution in [-0.2, 0) is 6.54 Å². The molecule has 1 aromatic rings. The molecule has 3 N–H and O–H groups in total. The minimum absolute atomic E-state index is 0.298. The Morgan fingerprint density at radius 2 is 2.00 bits per heavy atom. The average Bonchev–Trinajstić information content (AvgIpc) is 2.51. The third kappa shape index (κ3) is 3.40. The number of nitrogens with zero attached hydrogens (tertiary/aromatic N) is 2. The monoisotopic (exact) mass is 252 g/mol. The van der Waals surface area contributed by atoms with E-state index in [1.54, 1.807) is 0 Å². The van der Waals surface area contributed by atoms with Gasteiger partial charge >= 0.3 is 0 Å². The van der Waals surface area contributed by atoms with E-state index in [2.05, 4.69) is 45.0 Å². The van der Waals surface area contributed by atoms with Crippen LogP contribution in [0.4, 0.5) is 11.5 Å². The summed E-state index contributed by atoms with van der Waals surface area (Å²) in [5.41, 5.74) is 8.07. The molecule has 0 bridgehead atoms. The summed E-state index contributed by atoms with van der Waals surface area (Å²) in [6.45, 7) is 15.0. The second-order valence-corrected chi connectivity index (χ2v) is 6.22. The van der Waals surface area contributed by atoms with Gasteiger partial charge in [-0.1, -0.05) is 34.6 Å². The predicted molar refractivity (Wildman–Crippen MR) is 78.8 cm³/mol. The van der Waals surface area contributed by atoms with Crippen molar-refractivity contribution in [1.29, 1.82) is 0 Å². The quantitative estimate of drug-likeness (QED) is 0.845. The first-order chi connectivity index (χ1) is 8.27. The van der Waals surface area contributed by atoms with Crippen molar-refractivity contribution in [3.05, 3.63) is 5.69 Å². The van der Waals surface area contributed by atoms with Crippen LogP contribution in [0.25, 0.3) is 0 Å². The van der Waals surface area contributed by atoms with Crippen LogP contribution in [0.3, 0.4) is 0 Å². The number of rotatable bonds is 5. The molecule has 0 aliphatic rings. The fraction of sp³-hybridized carbons (Fsp3) is 0.786. The van der Waals surface area contributed by atoms with Gasteiger partial charge in [0, 0.05) is 13.1 Å². The molecule has 0 saturated heterocycles. The smallest absolute Gasteiger partial charge is 0.148 e. The van der Waals surface area contributed by atoms with Crippen LogP contribution in [0.15, 0.2) is 0 Å². The fourth-order valence-electron chi connectivity index (χ4n) is 1.71. The maximum absolute atomic E-state index is 6.08. The van der Waals surface area contributed by atoms with Crippen molar-refractivity contribution >= 4 is 11.5 Å². The summed E-state index contributed by atoms with van der Waals surface area (Å²) < 4.78 is 1.99. The SMILES string of the molecule is CCCn1nc(C)c(N)c1NCC(C)C(C)(C)C. The molecule has 0 aliphatic carbocycles. The lowest BCUT2D eigenvalue weighted by Crippen LogP contribution is -2.26. The number of nitrogens with two attached hydrogens (primary N) is 1. The van der Waals surface area contributed by atoms with Crippen LogP contribution < -0.4 is 11.1 Å². The molecule has 0 aliphatic heterocycles. The third-order valence-electron chi connectivity index (χ3n) is 3.66. The van der Waals surface area contributed by atoms with Crippen LogP contribution in [0.2, 0.25) is 0 Å². The van der Waals surface area contributed by atoms with E-state index in [-0.39, 0.29) is 0 Å². The lowest BCUT2D eigenvalue weighted by atomic mass is 9.82. The molecule has 1 unspecified atom stereocenters. The Morgan fingerprint density at radius 1 is 1.39 bits per heavy atom. The fourth-order valence-corrected chi connectivity index (χ4v) is 1.71. The zero-order chi connectivity index (χ0) is 13.9. The Balaban J connectivity index is 2.78. The highest BCUT2D eigenvalue weighted by atomic mass is 15.3. The summed E-state index contributed by atoms with van der Waals surface area (Å²) in [7, 11) is 0. The summed E-state index contributed by atoms with van der Waals surface area (Å²) in [4.78, 5) is 0. The molecule has 0 saturated carbocycles. The minimum Gasteiger partial charge on any atom is -0.394 e. The Kier molecular flexibility index (Phi) is 4.65. The van der Waals surface area contributed by atoms with E-state index in [9.17, 15) is 0 Å². The Morgan fingerprint density at radius 3 is 2.50 bits per heavy atom. The van der Waals surface area contributed by atoms with Crippen molar-refractivity contribution < 1.29 is 0 Å². The first kappa shape index (κ1) is 14.9. The highest BCUT2D eigenvalue weighted by Gasteiger charge is 2.21. The van der Waals surface area contributed by atoms with Gasteiger partial charge in [0.1, 0.15) is 5.82 Å². The van der Waals surface area contributed by atoms with Gasteiger partial charge in [0.05, 0.1) is 11.4 Å². The molecular weight excluding hydrogens is 224 g/mol. The van der Waals surface area contributed by atoms with E-state index in [1.165, 1.54) is 0 Å². The van der Waals surface area contributed by atoms with Crippen molar-refractivity contribution in [2.45, 2.75) is 54.5 Å². The summed E-state index contributed by atoms with van der Waals surface area (Å²) in [6.07, 6.45) is 1.06. The number of hydrogen-bond donors (Lipinski definition) is 2. The maximum atomic E-state index is 6.08. The highest BCUT2D eigenvalue weighted by molar-refractivity contribution is 5.64. The molecule has 1 aromatic heterocycles. The highest BCUT2D eigenvalue weighted by Crippen LogP contribution is 2.27. The number of anilines is 2. The van der Waals surface area contributed by atoms with Gasteiger partial charge in [-0.15, -0.1) is 0 Å². The molecule has 0 fully saturated rings. The predicted octanol–water partition coefficient (Wildman–Crippen LogP) is 3.28. The van der Waals surface area contributed by atoms with Gasteiger partial charge < -0.3 is 11.1 Å². The Bertz CT molecular complexity index is 387. The molecule has 0 spiro atoms. The molecule has 0 amide bonds. The van der Waals surface area contributed by atoms with Gasteiger partial charge in [-0.2, -0.15) is 5.10 Å². The number of nitrogen functional groups attached to an aromatic ring is 1. The standard InChI is InChI=1S/C14H28N4/c1-7-8-18-13(12(15)11(3)17-18)16-9-10(2)14(4,5)6/h10,16H,7-9,15H2,1-6H3. The normalized spacial score (nSPS) is 13.7. The lowest BCUT2D eigenvalue weighted by molar-refractivity contribution is 0.274. The molecule has 18 heavy (non-hydrogen) atoms. The zero-order valence-electron chi connectivity index (χ0n) is 12.7. The molecule has 0 radical (unpaired) electrons. The van der Waals surface area contributed by atoms with Crippen molar-refractivity contribution in [3.63, 3.8) is 0 Å². The van der Waals surface area contributed by atoms with Gasteiger partial charge in [0.25, 0.3) is 0 Å². The third-order valence-corrected chi connectivity index (χ3v) is 3.66. The van der Waals surface area contributed by atoms with Crippen molar-refractivity contribution in [1.82, 2.24) is 9.78 Å². The average molecular weight is 252 g/mol. The molecule has 0 aromatic carbocycles. The summed E-state index contributed by atoms with van der Waals surface area (Å²) in [5, 5.41) is 7.94. The van der Waals surface area contributed by atoms with E-state index in [4.69, 9.17) is 5.73 Å². The Labute approximate surface area is 111 Å². The minimum atomic E-state index is 0.298. The molecule has 104 valence electrons. The molecule has 1 heterocycles. The summed E-state index contributed by atoms with van der Waals surface area (Å²) in [6, 6.07) is 0. The van der Waals surface area contributed by atoms with Crippen LogP contribution in [0.5, 0.6) is 0 Å². The van der Waals surface area contributed by atoms with E-state index in [0.29, 0.717) is 11.3 Å². The van der Waals surface area contributed by atoms with Gasteiger partial charge in [-0.3, -0.25) is 0 Å². The summed E-state index contributed by atoms with van der Waals surface area (Å²) >= 11 is 0. The molecule has 4 nitrogen and oxygen atoms in total. The van der Waals surface area contributed by atoms with E-state index in [1.807, 2.05) is 11.6 Å². The van der Waals surface area contributed by atoms with Crippen molar-refractivity contribution in [2.75, 3.05) is 17.6 Å². The largest absolute Gasteiger partial charge is 0.394 e. The van der Waals surface area contributed by atoms with Gasteiger partial charge in [-0.05, 0) is 24.7 Å². The van der Waals surface area contributed by atoms with Crippen LogP contribution in [0, 0.1) is 18.3 Å². The van der Waals surface area contributed by atoms with Gasteiger partial charge in [0.2, 0.25) is 0 Å². The van der Waals surface area contributed by atoms with Crippen LogP contribution >= 0.6 is 0 Å². The first-order valence-electron chi connectivity index (χ1n) is 6.84. The molecule has 4 heteroatoms. The Hall–Kier alpha value is -1.19. The van der Waals surface area contributed by atoms with Gasteiger partial charge in [0.15, 0.2) is 0 Å². The van der Waals surface area contributed by atoms with E-state index in [0.717, 1.165) is 36.7 Å². The van der Waals surface area contributed by atoms with E-state index < -0.39 is 0 Å². The van der Waals surface area contributed by atoms with Crippen molar-refractivity contribution in [3.8, 4) is 0 Å². The second kappa shape index (κ2) is 5.63. The van der Waals surface area contributed by atoms with Crippen molar-refractivity contribution in [2.24, 2.45) is 11.3 Å². The molecular formula is C14H28N4. The number of aromatic nitrogens is 2. The first-order valence-corrected chi connectivity index (χ1v) is 6.84. The maximum Gasteiger partial charge on any atom is 0.148 e. The number of aryl methyl sites for hydroxylation is 2. The zero-order valence-corrected chi connectivity index (χ0v) is 12.7. The number of nitrogens with one attached hydrogen (secondary N) is 1. The topological polar surface area (TPSA) is 55.9 Å². The van der Waals surface area contributed by atoms with Crippen LogP contribution in [-0.4, -0.2) is 16.3 Å². The number of hydrogen-bond acceptors (Lipinski definition) is 3. The van der Waals surface area contributed by atoms with Gasteiger partial charge in [-0.25, -0.2) is 4.68 Å². The summed E-state index contributed by atoms with van der Waals surface area (Å²) in [5.74, 6) is 1.55. The van der Waals surface area contributed by atoms with Crippen LogP contribution in [0.1, 0.15) is 46.7 Å².